The first kappa shape index (κ1) is 24.0. The molecular formula is C31H33N3O2. The third kappa shape index (κ3) is 5.25. The predicted molar refractivity (Wildman–Crippen MR) is 144 cm³/mol. The van der Waals surface area contributed by atoms with Crippen molar-refractivity contribution in [3.8, 4) is 11.4 Å². The molecule has 1 unspecified atom stereocenters. The van der Waals surface area contributed by atoms with Crippen LogP contribution in [0.15, 0.2) is 78.9 Å². The van der Waals surface area contributed by atoms with E-state index < -0.39 is 6.04 Å². The Hall–Kier alpha value is -3.73. The number of rotatable bonds is 8. The molecule has 36 heavy (non-hydrogen) atoms. The zero-order valence-corrected chi connectivity index (χ0v) is 20.8. The molecule has 0 spiro atoms. The summed E-state index contributed by atoms with van der Waals surface area (Å²) in [5.74, 6) is 0.841. The summed E-state index contributed by atoms with van der Waals surface area (Å²) in [4.78, 5) is 30.7. The van der Waals surface area contributed by atoms with Crippen molar-refractivity contribution < 1.29 is 9.59 Å². The lowest BCUT2D eigenvalue weighted by Gasteiger charge is -2.27. The van der Waals surface area contributed by atoms with Crippen molar-refractivity contribution >= 4 is 22.7 Å². The molecular weight excluding hydrogens is 446 g/mol. The molecule has 4 aromatic rings. The molecule has 5 nitrogen and oxygen atoms in total. The zero-order chi connectivity index (χ0) is 24.9. The minimum Gasteiger partial charge on any atom is -0.352 e. The lowest BCUT2D eigenvalue weighted by atomic mass is 9.95. The highest BCUT2D eigenvalue weighted by atomic mass is 16.2. The number of hydrogen-bond donors (Lipinski definition) is 1. The quantitative estimate of drug-likeness (QED) is 0.292. The van der Waals surface area contributed by atoms with Crippen molar-refractivity contribution in [2.45, 2.75) is 64.0 Å². The minimum atomic E-state index is -0.401. The van der Waals surface area contributed by atoms with E-state index in [0.717, 1.165) is 41.7 Å². The van der Waals surface area contributed by atoms with Gasteiger partial charge in [0.15, 0.2) is 5.78 Å². The van der Waals surface area contributed by atoms with E-state index in [2.05, 4.69) is 22.0 Å². The van der Waals surface area contributed by atoms with Crippen molar-refractivity contribution in [2.24, 2.45) is 0 Å². The van der Waals surface area contributed by atoms with Crippen LogP contribution in [0.5, 0.6) is 0 Å². The Labute approximate surface area is 212 Å². The molecule has 1 aliphatic carbocycles. The first-order valence-electron chi connectivity index (χ1n) is 13.0. The molecule has 184 valence electrons. The van der Waals surface area contributed by atoms with E-state index in [1.54, 1.807) is 6.92 Å². The van der Waals surface area contributed by atoms with E-state index in [-0.39, 0.29) is 17.7 Å². The molecule has 1 amide bonds. The van der Waals surface area contributed by atoms with Gasteiger partial charge in [-0.15, -0.1) is 0 Å². The van der Waals surface area contributed by atoms with Gasteiger partial charge in [-0.3, -0.25) is 9.59 Å². The van der Waals surface area contributed by atoms with Crippen molar-refractivity contribution in [1.29, 1.82) is 0 Å². The number of hydrogen-bond acceptors (Lipinski definition) is 3. The summed E-state index contributed by atoms with van der Waals surface area (Å²) in [7, 11) is 0. The van der Waals surface area contributed by atoms with E-state index in [1.165, 1.54) is 24.8 Å². The van der Waals surface area contributed by atoms with Crippen LogP contribution in [0.1, 0.15) is 67.4 Å². The average Bonchev–Trinajstić information content (AvgIpc) is 3.29. The Morgan fingerprint density at radius 2 is 1.61 bits per heavy atom. The van der Waals surface area contributed by atoms with E-state index >= 15 is 0 Å². The molecule has 1 saturated carbocycles. The molecule has 0 saturated heterocycles. The number of carbonyl (C=O) groups excluding carboxylic acids is 2. The average molecular weight is 480 g/mol. The Balaban J connectivity index is 1.56. The summed E-state index contributed by atoms with van der Waals surface area (Å²) >= 11 is 0. The number of Topliss-reactive ketones (excluding diaryl/α,β-unsaturated/α-hetero) is 1. The summed E-state index contributed by atoms with van der Waals surface area (Å²) in [6, 6.07) is 25.7. The minimum absolute atomic E-state index is 0.0302. The number of imidazole rings is 1. The van der Waals surface area contributed by atoms with Gasteiger partial charge in [-0.2, -0.15) is 0 Å². The SMILES string of the molecule is CC(=O)c1ccc(-c2nc3ccccc3n2C(CCc2ccccc2)C(=O)NC2CCCCC2)cc1. The standard InChI is InChI=1S/C31H33N3O2/c1-22(35)24-17-19-25(20-18-24)30-33-27-14-8-9-15-28(27)34(30)29(21-16-23-10-4-2-5-11-23)31(36)32-26-12-6-3-7-13-26/h2,4-5,8-11,14-15,17-20,26,29H,3,6-7,12-13,16,21H2,1H3,(H,32,36). The van der Waals surface area contributed by atoms with Crippen LogP contribution < -0.4 is 5.32 Å². The zero-order valence-electron chi connectivity index (χ0n) is 20.8. The topological polar surface area (TPSA) is 64.0 Å². The smallest absolute Gasteiger partial charge is 0.243 e. The van der Waals surface area contributed by atoms with Gasteiger partial charge in [0.1, 0.15) is 11.9 Å². The van der Waals surface area contributed by atoms with Gasteiger partial charge in [0.2, 0.25) is 5.91 Å². The van der Waals surface area contributed by atoms with Crippen LogP contribution in [0.2, 0.25) is 0 Å². The summed E-state index contributed by atoms with van der Waals surface area (Å²) in [6.45, 7) is 1.57. The molecule has 5 rings (SSSR count). The van der Waals surface area contributed by atoms with Gasteiger partial charge in [-0.1, -0.05) is 86.0 Å². The molecule has 0 radical (unpaired) electrons. The van der Waals surface area contributed by atoms with Gasteiger partial charge < -0.3 is 9.88 Å². The van der Waals surface area contributed by atoms with E-state index in [9.17, 15) is 9.59 Å². The highest BCUT2D eigenvalue weighted by Gasteiger charge is 2.28. The fourth-order valence-corrected chi connectivity index (χ4v) is 5.29. The predicted octanol–water partition coefficient (Wildman–Crippen LogP) is 6.53. The number of nitrogens with zero attached hydrogens (tertiary/aromatic N) is 2. The number of fused-ring (bicyclic) bond motifs is 1. The number of carbonyl (C=O) groups is 2. The maximum atomic E-state index is 13.9. The lowest BCUT2D eigenvalue weighted by Crippen LogP contribution is -2.41. The summed E-state index contributed by atoms with van der Waals surface area (Å²) in [5, 5.41) is 3.38. The van der Waals surface area contributed by atoms with Gasteiger partial charge >= 0.3 is 0 Å². The fourth-order valence-electron chi connectivity index (χ4n) is 5.29. The van der Waals surface area contributed by atoms with Crippen molar-refractivity contribution in [3.05, 3.63) is 90.0 Å². The second kappa shape index (κ2) is 10.9. The van der Waals surface area contributed by atoms with E-state index in [0.29, 0.717) is 12.0 Å². The number of nitrogens with one attached hydrogen (secondary N) is 1. The number of aryl methyl sites for hydroxylation is 1. The van der Waals surface area contributed by atoms with E-state index in [4.69, 9.17) is 4.98 Å². The van der Waals surface area contributed by atoms with Gasteiger partial charge in [0.25, 0.3) is 0 Å². The third-order valence-corrected chi connectivity index (χ3v) is 7.26. The molecule has 1 atom stereocenters. The number of ketones is 1. The van der Waals surface area contributed by atoms with Crippen LogP contribution in [0.3, 0.4) is 0 Å². The van der Waals surface area contributed by atoms with Gasteiger partial charge in [-0.05, 0) is 50.3 Å². The van der Waals surface area contributed by atoms with Crippen molar-refractivity contribution in [1.82, 2.24) is 14.9 Å². The Bertz CT molecular complexity index is 1340. The monoisotopic (exact) mass is 479 g/mol. The molecule has 1 aromatic heterocycles. The van der Waals surface area contributed by atoms with Crippen molar-refractivity contribution in [2.75, 3.05) is 0 Å². The lowest BCUT2D eigenvalue weighted by molar-refractivity contribution is -0.125. The normalized spacial score (nSPS) is 15.0. The highest BCUT2D eigenvalue weighted by Crippen LogP contribution is 2.32. The summed E-state index contributed by atoms with van der Waals surface area (Å²) < 4.78 is 2.11. The van der Waals surface area contributed by atoms with Crippen LogP contribution in [-0.4, -0.2) is 27.3 Å². The first-order chi connectivity index (χ1) is 17.6. The Morgan fingerprint density at radius 1 is 0.917 bits per heavy atom. The van der Waals surface area contributed by atoms with Crippen LogP contribution >= 0.6 is 0 Å². The molecule has 1 fully saturated rings. The van der Waals surface area contributed by atoms with Gasteiger partial charge in [-0.25, -0.2) is 4.98 Å². The molecule has 3 aromatic carbocycles. The third-order valence-electron chi connectivity index (χ3n) is 7.26. The van der Waals surface area contributed by atoms with Crippen LogP contribution in [0, 0.1) is 0 Å². The second-order valence-electron chi connectivity index (χ2n) is 9.81. The fraction of sp³-hybridized carbons (Fsp3) is 0.323. The first-order valence-corrected chi connectivity index (χ1v) is 13.0. The number of amides is 1. The van der Waals surface area contributed by atoms with Crippen LogP contribution in [0.25, 0.3) is 22.4 Å². The maximum absolute atomic E-state index is 13.9. The molecule has 5 heteroatoms. The number of benzene rings is 3. The molecule has 0 aliphatic heterocycles. The summed E-state index contributed by atoms with van der Waals surface area (Å²) in [6.07, 6.45) is 7.13. The van der Waals surface area contributed by atoms with Crippen LogP contribution in [-0.2, 0) is 11.2 Å². The number of para-hydroxylation sites is 2. The molecule has 0 bridgehead atoms. The second-order valence-corrected chi connectivity index (χ2v) is 9.81. The molecule has 1 heterocycles. The molecule has 1 aliphatic rings. The highest BCUT2D eigenvalue weighted by molar-refractivity contribution is 5.94. The van der Waals surface area contributed by atoms with Crippen LogP contribution in [0.4, 0.5) is 0 Å². The van der Waals surface area contributed by atoms with Gasteiger partial charge in [0.05, 0.1) is 11.0 Å². The Morgan fingerprint density at radius 3 is 2.33 bits per heavy atom. The maximum Gasteiger partial charge on any atom is 0.243 e. The molecule has 1 N–H and O–H groups in total. The largest absolute Gasteiger partial charge is 0.352 e. The summed E-state index contributed by atoms with van der Waals surface area (Å²) in [5.41, 5.74) is 4.58. The van der Waals surface area contributed by atoms with Gasteiger partial charge in [0, 0.05) is 17.2 Å². The van der Waals surface area contributed by atoms with E-state index in [1.807, 2.05) is 66.7 Å². The Kier molecular flexibility index (Phi) is 7.26. The number of aromatic nitrogens is 2. The van der Waals surface area contributed by atoms with Crippen molar-refractivity contribution in [3.63, 3.8) is 0 Å².